The fraction of sp³-hybridized carbons (Fsp3) is 0.312. The van der Waals surface area contributed by atoms with Crippen LogP contribution >= 0.6 is 0 Å². The van der Waals surface area contributed by atoms with Gasteiger partial charge in [-0.05, 0) is 6.07 Å². The van der Waals surface area contributed by atoms with Crippen molar-refractivity contribution in [2.75, 3.05) is 0 Å². The van der Waals surface area contributed by atoms with Crippen LogP contribution in [-0.4, -0.2) is 9.97 Å². The Hall–Kier alpha value is -1.41. The molecule has 0 N–H and O–H groups in total. The molecule has 3 nitrogen and oxygen atoms in total. The molecule has 112 valence electrons. The van der Waals surface area contributed by atoms with Crippen LogP contribution in [0.4, 0.5) is 5.69 Å². The van der Waals surface area contributed by atoms with E-state index in [4.69, 9.17) is 0 Å². The van der Waals surface area contributed by atoms with Crippen LogP contribution in [0.25, 0.3) is 0 Å². The smallest absolute Gasteiger partial charge is 0.115 e. The van der Waals surface area contributed by atoms with Crippen LogP contribution < -0.4 is 0 Å². The fourth-order valence-corrected chi connectivity index (χ4v) is 1.80. The number of nitrogens with zero attached hydrogens (tertiary/aromatic N) is 3. The SMILES string of the molecule is Cc1cccc(C(C)C)c1[N]=[Ni].[CH2-]C.c1cncnc1. The largest absolute Gasteiger partial charge is 0.346 e. The number of hydrogen-bond acceptors (Lipinski definition) is 3. The van der Waals surface area contributed by atoms with Crippen molar-refractivity contribution in [3.05, 3.63) is 61.0 Å². The maximum Gasteiger partial charge on any atom is 0.115 e. The Morgan fingerprint density at radius 1 is 1.10 bits per heavy atom. The van der Waals surface area contributed by atoms with Crippen molar-refractivity contribution in [1.82, 2.24) is 9.97 Å². The van der Waals surface area contributed by atoms with Gasteiger partial charge in [-0.25, -0.2) is 9.97 Å². The van der Waals surface area contributed by atoms with Gasteiger partial charge < -0.3 is 6.92 Å². The second kappa shape index (κ2) is 11.4. The van der Waals surface area contributed by atoms with Gasteiger partial charge in [-0.1, -0.05) is 0 Å². The molecule has 2 rings (SSSR count). The van der Waals surface area contributed by atoms with Crippen molar-refractivity contribution in [2.24, 2.45) is 4.03 Å². The summed E-state index contributed by atoms with van der Waals surface area (Å²) >= 11 is 4.45. The molecule has 1 aromatic carbocycles. The summed E-state index contributed by atoms with van der Waals surface area (Å²) in [5, 5.41) is 0. The van der Waals surface area contributed by atoms with E-state index in [0.717, 1.165) is 5.69 Å². The van der Waals surface area contributed by atoms with Crippen molar-refractivity contribution in [2.45, 2.75) is 33.6 Å². The molecule has 0 unspecified atom stereocenters. The van der Waals surface area contributed by atoms with E-state index in [1.165, 1.54) is 17.5 Å². The van der Waals surface area contributed by atoms with Crippen molar-refractivity contribution in [3.8, 4) is 0 Å². The van der Waals surface area contributed by atoms with Gasteiger partial charge >= 0.3 is 81.0 Å². The summed E-state index contributed by atoms with van der Waals surface area (Å²) < 4.78 is 3.92. The second-order valence-corrected chi connectivity index (χ2v) is 4.36. The Kier molecular flexibility index (Phi) is 10.6. The van der Waals surface area contributed by atoms with Gasteiger partial charge in [-0.3, -0.25) is 0 Å². The third-order valence-corrected chi connectivity index (χ3v) is 2.66. The molecule has 4 heteroatoms. The Morgan fingerprint density at radius 2 is 1.70 bits per heavy atom. The van der Waals surface area contributed by atoms with E-state index >= 15 is 0 Å². The van der Waals surface area contributed by atoms with Crippen molar-refractivity contribution < 1.29 is 15.3 Å². The molecule has 0 atom stereocenters. The monoisotopic (exact) mass is 314 g/mol. The Bertz CT molecular complexity index is 458. The zero-order valence-corrected chi connectivity index (χ0v) is 13.5. The van der Waals surface area contributed by atoms with Crippen LogP contribution in [0.2, 0.25) is 0 Å². The zero-order chi connectivity index (χ0) is 15.4. The molecule has 0 aliphatic rings. The predicted molar refractivity (Wildman–Crippen MR) is 80.4 cm³/mol. The summed E-state index contributed by atoms with van der Waals surface area (Å²) in [4.78, 5) is 7.35. The molecule has 0 spiro atoms. The number of rotatable bonds is 2. The minimum Gasteiger partial charge on any atom is -0.346 e. The van der Waals surface area contributed by atoms with Gasteiger partial charge in [-0.2, -0.15) is 6.92 Å². The van der Waals surface area contributed by atoms with Gasteiger partial charge in [0.15, 0.2) is 0 Å². The Balaban J connectivity index is 0.000000377. The summed E-state index contributed by atoms with van der Waals surface area (Å²) in [5.74, 6) is 0.499. The average Bonchev–Trinajstić information content (AvgIpc) is 2.51. The molecule has 0 saturated heterocycles. The van der Waals surface area contributed by atoms with E-state index in [-0.39, 0.29) is 0 Å². The van der Waals surface area contributed by atoms with Crippen LogP contribution in [0.3, 0.4) is 0 Å². The van der Waals surface area contributed by atoms with E-state index in [1.54, 1.807) is 25.4 Å². The first-order valence-corrected chi connectivity index (χ1v) is 6.90. The summed E-state index contributed by atoms with van der Waals surface area (Å²) in [6.07, 6.45) is 4.88. The van der Waals surface area contributed by atoms with Crippen LogP contribution in [0, 0.1) is 13.8 Å². The van der Waals surface area contributed by atoms with Gasteiger partial charge in [0, 0.05) is 12.4 Å². The Morgan fingerprint density at radius 3 is 2.00 bits per heavy atom. The number of aromatic nitrogens is 2. The first-order chi connectivity index (χ1) is 9.66. The van der Waals surface area contributed by atoms with Crippen LogP contribution in [0.5, 0.6) is 0 Å². The van der Waals surface area contributed by atoms with Gasteiger partial charge in [0.05, 0.1) is 0 Å². The normalized spacial score (nSPS) is 9.00. The number of hydrogen-bond donors (Lipinski definition) is 0. The summed E-state index contributed by atoms with van der Waals surface area (Å²) in [6, 6.07) is 7.97. The van der Waals surface area contributed by atoms with Crippen molar-refractivity contribution in [1.29, 1.82) is 0 Å². The molecular weight excluding hydrogens is 293 g/mol. The molecule has 2 aromatic rings. The van der Waals surface area contributed by atoms with E-state index in [1.807, 2.05) is 13.0 Å². The first-order valence-electron chi connectivity index (χ1n) is 6.46. The maximum atomic E-state index is 4.45. The first kappa shape index (κ1) is 18.6. The molecule has 0 aliphatic carbocycles. The number of benzene rings is 1. The molecule has 1 heterocycles. The van der Waals surface area contributed by atoms with Crippen LogP contribution in [-0.2, 0) is 15.3 Å². The van der Waals surface area contributed by atoms with Gasteiger partial charge in [-0.15, -0.1) is 0 Å². The third kappa shape index (κ3) is 6.67. The topological polar surface area (TPSA) is 38.1 Å². The molecule has 0 amide bonds. The van der Waals surface area contributed by atoms with Gasteiger partial charge in [0.2, 0.25) is 0 Å². The maximum absolute atomic E-state index is 4.45. The molecule has 0 radical (unpaired) electrons. The quantitative estimate of drug-likeness (QED) is 0.590. The Labute approximate surface area is 130 Å². The van der Waals surface area contributed by atoms with Crippen LogP contribution in [0.15, 0.2) is 47.0 Å². The molecule has 0 aliphatic heterocycles. The van der Waals surface area contributed by atoms with Gasteiger partial charge in [0.25, 0.3) is 0 Å². The van der Waals surface area contributed by atoms with Crippen molar-refractivity contribution in [3.63, 3.8) is 0 Å². The average molecular weight is 315 g/mol. The van der Waals surface area contributed by atoms with E-state index in [9.17, 15) is 0 Å². The zero-order valence-electron chi connectivity index (χ0n) is 12.5. The molecule has 0 fully saturated rings. The predicted octanol–water partition coefficient (Wildman–Crippen LogP) is 4.80. The second-order valence-electron chi connectivity index (χ2n) is 4.14. The minimum absolute atomic E-state index is 0.499. The molecule has 1 aromatic heterocycles. The summed E-state index contributed by atoms with van der Waals surface area (Å²) in [7, 11) is 0. The van der Waals surface area contributed by atoms with Crippen LogP contribution in [0.1, 0.15) is 37.8 Å². The molecular formula is C16H22N3Ni-. The molecule has 0 saturated carbocycles. The fourth-order valence-electron chi connectivity index (χ4n) is 1.50. The summed E-state index contributed by atoms with van der Waals surface area (Å²) in [6.45, 7) is 11.4. The van der Waals surface area contributed by atoms with E-state index in [2.05, 4.69) is 62.2 Å². The minimum atomic E-state index is 0.499. The molecule has 0 bridgehead atoms. The number of aryl methyl sites for hydroxylation is 1. The van der Waals surface area contributed by atoms with Gasteiger partial charge in [0.1, 0.15) is 6.33 Å². The van der Waals surface area contributed by atoms with E-state index < -0.39 is 0 Å². The van der Waals surface area contributed by atoms with Crippen molar-refractivity contribution >= 4 is 5.69 Å². The van der Waals surface area contributed by atoms with E-state index in [0.29, 0.717) is 5.92 Å². The summed E-state index contributed by atoms with van der Waals surface area (Å²) in [5.41, 5.74) is 3.42. The standard InChI is InChI=1S/C10H13N.C4H4N2.C2H5.Ni/c1-7(2)9-6-4-5-8(3)10(9)11;1-2-5-4-6-3-1;1-2;/h4-7H,1-3H3;1-4H;1H2,2H3;/q;;-1;. The molecule has 20 heavy (non-hydrogen) atoms. The third-order valence-electron chi connectivity index (χ3n) is 2.44.